The molecule has 34 heavy (non-hydrogen) atoms. The first kappa shape index (κ1) is 25.0. The summed E-state index contributed by atoms with van der Waals surface area (Å²) < 4.78 is 23.7. The van der Waals surface area contributed by atoms with Crippen LogP contribution in [0.3, 0.4) is 0 Å². The minimum Gasteiger partial charge on any atom is -0.443 e. The Hall–Kier alpha value is -2.07. The fourth-order valence-electron chi connectivity index (χ4n) is 5.10. The molecule has 6 atom stereocenters. The second kappa shape index (κ2) is 9.89. The number of allylic oxidation sites excluding steroid dienone is 1. The minimum absolute atomic E-state index is 0.0658. The van der Waals surface area contributed by atoms with Gasteiger partial charge in [0.2, 0.25) is 5.91 Å². The van der Waals surface area contributed by atoms with E-state index in [9.17, 15) is 9.59 Å². The Labute approximate surface area is 204 Å². The number of nitrogen functional groups attached to an aromatic ring is 1. The summed E-state index contributed by atoms with van der Waals surface area (Å²) in [6.07, 6.45) is 2.80. The van der Waals surface area contributed by atoms with Crippen LogP contribution in [0.25, 0.3) is 0 Å². The van der Waals surface area contributed by atoms with Gasteiger partial charge in [-0.15, -0.1) is 11.8 Å². The Bertz CT molecular complexity index is 943. The van der Waals surface area contributed by atoms with Crippen LogP contribution in [0, 0.1) is 5.92 Å². The maximum absolute atomic E-state index is 12.5. The molecule has 2 amide bonds. The van der Waals surface area contributed by atoms with Gasteiger partial charge in [-0.25, -0.2) is 4.79 Å². The molecule has 1 saturated carbocycles. The second-order valence-electron chi connectivity index (χ2n) is 9.73. The lowest BCUT2D eigenvalue weighted by Gasteiger charge is -2.42. The molecule has 2 saturated heterocycles. The number of carbonyl (C=O) groups is 2. The molecule has 0 radical (unpaired) electrons. The molecule has 4 rings (SSSR count). The van der Waals surface area contributed by atoms with Gasteiger partial charge in [0, 0.05) is 17.7 Å². The van der Waals surface area contributed by atoms with Crippen LogP contribution in [0.15, 0.2) is 40.8 Å². The third kappa shape index (κ3) is 5.43. The van der Waals surface area contributed by atoms with Crippen molar-refractivity contribution in [1.29, 1.82) is 0 Å². The van der Waals surface area contributed by atoms with Crippen molar-refractivity contribution < 1.29 is 28.5 Å². The van der Waals surface area contributed by atoms with E-state index in [1.807, 2.05) is 12.1 Å². The number of ether oxygens (including phenoxy) is 4. The summed E-state index contributed by atoms with van der Waals surface area (Å²) in [6, 6.07) is 7.20. The number of benzene rings is 1. The summed E-state index contributed by atoms with van der Waals surface area (Å²) >= 11 is 1.32. The van der Waals surface area contributed by atoms with Crippen LogP contribution in [-0.4, -0.2) is 61.0 Å². The quantitative estimate of drug-likeness (QED) is 0.245. The highest BCUT2D eigenvalue weighted by Gasteiger charge is 2.72. The predicted molar refractivity (Wildman–Crippen MR) is 130 cm³/mol. The summed E-state index contributed by atoms with van der Waals surface area (Å²) in [5.41, 5.74) is 6.88. The van der Waals surface area contributed by atoms with Crippen molar-refractivity contribution in [2.24, 2.45) is 5.92 Å². The van der Waals surface area contributed by atoms with Gasteiger partial charge in [-0.05, 0) is 64.3 Å². The molecule has 3 N–H and O–H groups in total. The van der Waals surface area contributed by atoms with E-state index >= 15 is 0 Å². The first-order chi connectivity index (χ1) is 16.2. The molecular formula is C25H34N2O6S. The van der Waals surface area contributed by atoms with Gasteiger partial charge in [0.05, 0.1) is 24.4 Å². The van der Waals surface area contributed by atoms with Gasteiger partial charge < -0.3 is 24.7 Å². The lowest BCUT2D eigenvalue weighted by atomic mass is 9.68. The number of amides is 2. The highest BCUT2D eigenvalue weighted by molar-refractivity contribution is 8.00. The van der Waals surface area contributed by atoms with Crippen LogP contribution in [0.1, 0.15) is 40.0 Å². The smallest absolute Gasteiger partial charge is 0.414 e. The van der Waals surface area contributed by atoms with Gasteiger partial charge in [-0.2, -0.15) is 0 Å². The average molecular weight is 491 g/mol. The van der Waals surface area contributed by atoms with E-state index in [-0.39, 0.29) is 29.5 Å². The number of carbonyl (C=O) groups excluding carboxylic acids is 2. The zero-order chi connectivity index (χ0) is 24.5. The molecule has 1 aliphatic carbocycles. The van der Waals surface area contributed by atoms with E-state index in [2.05, 4.69) is 32.2 Å². The molecule has 0 unspecified atom stereocenters. The highest BCUT2D eigenvalue weighted by atomic mass is 32.2. The van der Waals surface area contributed by atoms with Gasteiger partial charge in [-0.3, -0.25) is 10.1 Å². The van der Waals surface area contributed by atoms with Crippen LogP contribution >= 0.6 is 11.8 Å². The summed E-state index contributed by atoms with van der Waals surface area (Å²) in [5, 5.41) is 2.33. The van der Waals surface area contributed by atoms with Gasteiger partial charge >= 0.3 is 6.09 Å². The number of alkyl carbamates (subject to hydrolysis) is 1. The first-order valence-corrected chi connectivity index (χ1v) is 12.6. The molecule has 0 bridgehead atoms. The molecule has 2 aliphatic heterocycles. The Morgan fingerprint density at radius 3 is 2.62 bits per heavy atom. The number of anilines is 1. The normalized spacial score (nSPS) is 33.8. The monoisotopic (exact) mass is 490 g/mol. The minimum atomic E-state index is -0.760. The molecule has 2 heterocycles. The molecule has 1 aromatic rings. The molecule has 1 aromatic carbocycles. The largest absolute Gasteiger partial charge is 0.443 e. The Morgan fingerprint density at radius 2 is 2.00 bits per heavy atom. The SMILES string of the molecule is CO[C@@H]1[C@H](OC(=O)NC(=O)CSc2ccc(N)cc2)CC[C@]2(CO2)[C@H]1[C@@]1(C)O[C@@H]1CC=C(C)C. The van der Waals surface area contributed by atoms with Gasteiger partial charge in [-0.1, -0.05) is 11.6 Å². The van der Waals surface area contributed by atoms with Crippen LogP contribution in [0.2, 0.25) is 0 Å². The van der Waals surface area contributed by atoms with Crippen LogP contribution in [-0.2, 0) is 23.7 Å². The number of hydrogen-bond donors (Lipinski definition) is 2. The Morgan fingerprint density at radius 1 is 1.29 bits per heavy atom. The number of imide groups is 1. The number of hydrogen-bond acceptors (Lipinski definition) is 8. The molecule has 186 valence electrons. The van der Waals surface area contributed by atoms with Crippen LogP contribution < -0.4 is 11.1 Å². The van der Waals surface area contributed by atoms with E-state index in [1.165, 1.54) is 17.3 Å². The van der Waals surface area contributed by atoms with Crippen molar-refractivity contribution in [1.82, 2.24) is 5.32 Å². The number of epoxide rings is 2. The summed E-state index contributed by atoms with van der Waals surface area (Å²) in [4.78, 5) is 25.7. The van der Waals surface area contributed by atoms with E-state index in [4.69, 9.17) is 24.7 Å². The summed E-state index contributed by atoms with van der Waals surface area (Å²) in [5.74, 6) is -0.395. The van der Waals surface area contributed by atoms with Crippen molar-refractivity contribution in [3.63, 3.8) is 0 Å². The third-order valence-corrected chi connectivity index (χ3v) is 8.00. The van der Waals surface area contributed by atoms with E-state index < -0.39 is 23.7 Å². The third-order valence-electron chi connectivity index (χ3n) is 6.99. The van der Waals surface area contributed by atoms with Gasteiger partial charge in [0.15, 0.2) is 0 Å². The topological polar surface area (TPSA) is 116 Å². The van der Waals surface area contributed by atoms with Gasteiger partial charge in [0.25, 0.3) is 0 Å². The van der Waals surface area contributed by atoms with E-state index in [0.29, 0.717) is 18.7 Å². The van der Waals surface area contributed by atoms with Crippen molar-refractivity contribution in [2.45, 2.75) is 74.4 Å². The molecular weight excluding hydrogens is 456 g/mol. The Kier molecular flexibility index (Phi) is 7.28. The fraction of sp³-hybridized carbons (Fsp3) is 0.600. The molecule has 1 spiro atoms. The van der Waals surface area contributed by atoms with Gasteiger partial charge in [0.1, 0.15) is 23.4 Å². The standard InChI is InChI=1S/C25H34N2O6S/c1-15(2)5-10-19-24(3,33-19)22-21(30-4)18(11-12-25(22)14-31-25)32-23(29)27-20(28)13-34-17-8-6-16(26)7-9-17/h5-9,18-19,21-22H,10-14,26H2,1-4H3,(H,27,28,29)/t18-,19-,21-,22-,24+,25+/m1/s1. The summed E-state index contributed by atoms with van der Waals surface area (Å²) in [7, 11) is 1.62. The summed E-state index contributed by atoms with van der Waals surface area (Å²) in [6.45, 7) is 6.90. The van der Waals surface area contributed by atoms with Crippen LogP contribution in [0.4, 0.5) is 10.5 Å². The van der Waals surface area contributed by atoms with Crippen molar-refractivity contribution in [3.05, 3.63) is 35.9 Å². The van der Waals surface area contributed by atoms with Crippen molar-refractivity contribution >= 4 is 29.4 Å². The molecule has 8 nitrogen and oxygen atoms in total. The number of rotatable bonds is 8. The maximum Gasteiger partial charge on any atom is 0.414 e. The second-order valence-corrected chi connectivity index (χ2v) is 10.8. The number of nitrogens with two attached hydrogens (primary N) is 1. The average Bonchev–Trinajstić information content (AvgIpc) is 3.70. The zero-order valence-corrected chi connectivity index (χ0v) is 21.0. The lowest BCUT2D eigenvalue weighted by molar-refractivity contribution is -0.124. The molecule has 3 fully saturated rings. The predicted octanol–water partition coefficient (Wildman–Crippen LogP) is 3.69. The van der Waals surface area contributed by atoms with Crippen molar-refractivity contribution in [3.8, 4) is 0 Å². The molecule has 9 heteroatoms. The van der Waals surface area contributed by atoms with Crippen LogP contribution in [0.5, 0.6) is 0 Å². The van der Waals surface area contributed by atoms with Crippen molar-refractivity contribution in [2.75, 3.05) is 25.2 Å². The number of methoxy groups -OCH3 is 1. The number of nitrogens with one attached hydrogen (secondary N) is 1. The zero-order valence-electron chi connectivity index (χ0n) is 20.2. The first-order valence-electron chi connectivity index (χ1n) is 11.6. The lowest BCUT2D eigenvalue weighted by Crippen LogP contribution is -2.56. The molecule has 3 aliphatic rings. The Balaban J connectivity index is 1.34. The number of thioether (sulfide) groups is 1. The molecule has 0 aromatic heterocycles. The maximum atomic E-state index is 12.5. The highest BCUT2D eigenvalue weighted by Crippen LogP contribution is 2.59. The fourth-order valence-corrected chi connectivity index (χ4v) is 5.80. The van der Waals surface area contributed by atoms with E-state index in [0.717, 1.165) is 17.7 Å². The van der Waals surface area contributed by atoms with E-state index in [1.54, 1.807) is 19.2 Å².